The number of aryl methyl sites for hydroxylation is 2. The smallest absolute Gasteiger partial charge is 0.272 e. The summed E-state index contributed by atoms with van der Waals surface area (Å²) >= 11 is 0. The first-order valence-corrected chi connectivity index (χ1v) is 25.7. The van der Waals surface area contributed by atoms with Crippen molar-refractivity contribution in [3.05, 3.63) is 112 Å². The molecule has 20 heteroatoms. The Morgan fingerprint density at radius 2 is 1.43 bits per heavy atom. The van der Waals surface area contributed by atoms with Gasteiger partial charge < -0.3 is 55.0 Å². The lowest BCUT2D eigenvalue weighted by Gasteiger charge is -2.36. The highest BCUT2D eigenvalue weighted by Gasteiger charge is 2.24. The van der Waals surface area contributed by atoms with E-state index >= 15 is 0 Å². The minimum Gasteiger partial charge on any atom is -0.377 e. The molecule has 7 rings (SSSR count). The molecule has 2 fully saturated rings. The molecule has 2 aliphatic rings. The average Bonchev–Trinajstić information content (AvgIpc) is 3.41. The molecular weight excluding hydrogens is 947 g/mol. The number of H-pyrrole nitrogens is 1. The number of likely N-dealkylation sites (tertiary alicyclic amines) is 1. The molecule has 74 heavy (non-hydrogen) atoms. The Kier molecular flexibility index (Phi) is 21.4. The molecule has 396 valence electrons. The van der Waals surface area contributed by atoms with Crippen molar-refractivity contribution < 1.29 is 38.1 Å². The van der Waals surface area contributed by atoms with Gasteiger partial charge in [0.2, 0.25) is 11.8 Å². The van der Waals surface area contributed by atoms with Gasteiger partial charge >= 0.3 is 0 Å². The molecule has 1 unspecified atom stereocenters. The molecule has 0 radical (unpaired) electrons. The Morgan fingerprint density at radius 1 is 0.716 bits per heavy atom. The quantitative estimate of drug-likeness (QED) is 0.0452. The van der Waals surface area contributed by atoms with Gasteiger partial charge in [0.1, 0.15) is 5.69 Å². The summed E-state index contributed by atoms with van der Waals surface area (Å²) in [5, 5.41) is 11.7. The number of carbonyl (C=O) groups excluding carboxylic acids is 4. The third-order valence-corrected chi connectivity index (χ3v) is 13.0. The van der Waals surface area contributed by atoms with Crippen LogP contribution in [0.3, 0.4) is 0 Å². The van der Waals surface area contributed by atoms with Gasteiger partial charge in [0.05, 0.1) is 88.0 Å². The monoisotopic (exact) mass is 1020 g/mol. The maximum Gasteiger partial charge on any atom is 0.272 e. The topological polar surface area (TPSA) is 235 Å². The number of fused-ring (bicyclic) bond motifs is 1. The van der Waals surface area contributed by atoms with E-state index in [9.17, 15) is 24.0 Å². The number of aromatic amines is 1. The average molecular weight is 1020 g/mol. The summed E-state index contributed by atoms with van der Waals surface area (Å²) in [6.07, 6.45) is 8.12. The fourth-order valence-corrected chi connectivity index (χ4v) is 8.69. The first kappa shape index (κ1) is 55.1. The van der Waals surface area contributed by atoms with Gasteiger partial charge in [-0.3, -0.25) is 33.9 Å². The Labute approximate surface area is 432 Å². The van der Waals surface area contributed by atoms with E-state index in [1.54, 1.807) is 36.5 Å². The van der Waals surface area contributed by atoms with Crippen LogP contribution in [0.4, 0.5) is 11.4 Å². The van der Waals surface area contributed by atoms with E-state index in [2.05, 4.69) is 64.0 Å². The zero-order valence-corrected chi connectivity index (χ0v) is 42.9. The number of pyridine rings is 4. The fourth-order valence-electron chi connectivity index (χ4n) is 8.69. The highest BCUT2D eigenvalue weighted by Crippen LogP contribution is 2.26. The van der Waals surface area contributed by atoms with Crippen LogP contribution < -0.4 is 31.7 Å². The van der Waals surface area contributed by atoms with Crippen LogP contribution in [0, 0.1) is 5.92 Å². The lowest BCUT2D eigenvalue weighted by atomic mass is 9.96. The Hall–Kier alpha value is -6.68. The van der Waals surface area contributed by atoms with E-state index in [-0.39, 0.29) is 54.6 Å². The normalized spacial score (nSPS) is 15.1. The summed E-state index contributed by atoms with van der Waals surface area (Å²) in [4.78, 5) is 86.3. The highest BCUT2D eigenvalue weighted by molar-refractivity contribution is 6.03. The van der Waals surface area contributed by atoms with Gasteiger partial charge in [-0.1, -0.05) is 38.1 Å². The number of hydrogen-bond donors (Lipinski definition) is 5. The van der Waals surface area contributed by atoms with E-state index in [4.69, 9.17) is 18.9 Å². The summed E-state index contributed by atoms with van der Waals surface area (Å²) in [6.45, 7) is 12.7. The molecule has 5 N–H and O–H groups in total. The lowest BCUT2D eigenvalue weighted by molar-refractivity contribution is -0.133. The minimum absolute atomic E-state index is 0.0229. The second-order valence-corrected chi connectivity index (χ2v) is 18.4. The van der Waals surface area contributed by atoms with Crippen LogP contribution in [0.15, 0.2) is 78.0 Å². The van der Waals surface area contributed by atoms with Gasteiger partial charge in [-0.25, -0.2) is 9.97 Å². The predicted octanol–water partition coefficient (Wildman–Crippen LogP) is 3.45. The molecule has 4 aromatic heterocycles. The minimum atomic E-state index is -0.445. The highest BCUT2D eigenvalue weighted by atomic mass is 16.6. The summed E-state index contributed by atoms with van der Waals surface area (Å²) in [5.41, 5.74) is 7.84. The molecule has 20 nitrogen and oxygen atoms in total. The Morgan fingerprint density at radius 3 is 2.11 bits per heavy atom. The van der Waals surface area contributed by atoms with Gasteiger partial charge in [0.25, 0.3) is 17.4 Å². The van der Waals surface area contributed by atoms with Gasteiger partial charge in [0.15, 0.2) is 5.69 Å². The molecule has 2 saturated heterocycles. The molecule has 0 spiro atoms. The van der Waals surface area contributed by atoms with Gasteiger partial charge in [-0.15, -0.1) is 0 Å². The number of hydrogen-bond acceptors (Lipinski definition) is 15. The number of piperazine rings is 1. The van der Waals surface area contributed by atoms with Crippen LogP contribution in [0.5, 0.6) is 0 Å². The molecule has 1 atom stereocenters. The summed E-state index contributed by atoms with van der Waals surface area (Å²) in [7, 11) is 1.80. The summed E-state index contributed by atoms with van der Waals surface area (Å²) in [6, 6.07) is 17.4. The number of ether oxygens (including phenoxy) is 4. The van der Waals surface area contributed by atoms with Crippen LogP contribution in [0.1, 0.15) is 64.4 Å². The number of nitrogens with one attached hydrogen (secondary N) is 5. The van der Waals surface area contributed by atoms with Crippen LogP contribution in [0.25, 0.3) is 22.2 Å². The zero-order valence-electron chi connectivity index (χ0n) is 42.9. The van der Waals surface area contributed by atoms with Gasteiger partial charge in [-0.05, 0) is 78.7 Å². The van der Waals surface area contributed by atoms with Crippen molar-refractivity contribution >= 4 is 46.0 Å². The molecule has 4 amide bonds. The third kappa shape index (κ3) is 16.7. The Balaban J connectivity index is 0.699. The molecule has 0 aliphatic carbocycles. The van der Waals surface area contributed by atoms with Crippen LogP contribution in [0.2, 0.25) is 0 Å². The van der Waals surface area contributed by atoms with Crippen molar-refractivity contribution in [3.8, 4) is 11.1 Å². The van der Waals surface area contributed by atoms with Crippen molar-refractivity contribution in [2.24, 2.45) is 5.92 Å². The summed E-state index contributed by atoms with van der Waals surface area (Å²) < 4.78 is 22.4. The molecule has 0 bridgehead atoms. The fraction of sp³-hybridized carbons (Fsp3) is 0.481. The number of anilines is 2. The second kappa shape index (κ2) is 28.7. The molecule has 2 aliphatic heterocycles. The number of nitrogens with zero attached hydrogens (tertiary/aromatic N) is 6. The van der Waals surface area contributed by atoms with Crippen molar-refractivity contribution in [3.63, 3.8) is 0 Å². The van der Waals surface area contributed by atoms with Crippen LogP contribution in [-0.2, 0) is 47.9 Å². The van der Waals surface area contributed by atoms with E-state index in [1.807, 2.05) is 49.5 Å². The molecular formula is C54H71N11O9. The van der Waals surface area contributed by atoms with Crippen molar-refractivity contribution in [1.29, 1.82) is 0 Å². The van der Waals surface area contributed by atoms with E-state index < -0.39 is 5.91 Å². The third-order valence-electron chi connectivity index (χ3n) is 13.0. The van der Waals surface area contributed by atoms with E-state index in [1.165, 1.54) is 0 Å². The van der Waals surface area contributed by atoms with Crippen LogP contribution >= 0.6 is 0 Å². The molecule has 1 aromatic carbocycles. The SMILES string of the molecule is CCc1cccc(-c2cnc(C(=O)NCCOCCOCCOCCOCCNC(=O)c3ccc(N4CCN(Cc5cnc6cc(CC)c(=O)[nH]c6c5)CC4)cn3)c(NC(=O)CNCC3CCN(C)C(=O)C3)c2)c1. The number of rotatable bonds is 28. The van der Waals surface area contributed by atoms with Crippen LogP contribution in [-0.4, -0.2) is 172 Å². The van der Waals surface area contributed by atoms with Gasteiger partial charge in [0, 0.05) is 89.3 Å². The maximum atomic E-state index is 13.3. The first-order valence-electron chi connectivity index (χ1n) is 25.7. The van der Waals surface area contributed by atoms with Crippen molar-refractivity contribution in [2.45, 2.75) is 46.1 Å². The first-order chi connectivity index (χ1) is 36.1. The van der Waals surface area contributed by atoms with E-state index in [0.29, 0.717) is 90.1 Å². The molecule has 5 aromatic rings. The number of aromatic nitrogens is 4. The second-order valence-electron chi connectivity index (χ2n) is 18.4. The largest absolute Gasteiger partial charge is 0.377 e. The summed E-state index contributed by atoms with van der Waals surface area (Å²) in [5.74, 6) is -0.757. The number of amides is 4. The lowest BCUT2D eigenvalue weighted by Crippen LogP contribution is -2.46. The molecule has 0 saturated carbocycles. The molecule has 6 heterocycles. The zero-order chi connectivity index (χ0) is 52.1. The number of carbonyl (C=O) groups is 4. The maximum absolute atomic E-state index is 13.3. The van der Waals surface area contributed by atoms with Crippen molar-refractivity contribution in [2.75, 3.05) is 129 Å². The van der Waals surface area contributed by atoms with Gasteiger partial charge in [-0.2, -0.15) is 0 Å². The van der Waals surface area contributed by atoms with Crippen molar-refractivity contribution in [1.82, 2.24) is 45.7 Å². The number of piperidine rings is 1. The standard InChI is InChI=1S/C54H71N11O9/c1-4-38-7-6-8-42(27-38)43-31-48(61-49(66)36-55-32-39-11-14-63(3)50(67)29-39)51(60-34-43)54(70)57-13-20-72-22-24-74-26-25-73-23-21-71-19-12-56-53(69)45-10-9-44(35-59-45)65-17-15-64(16-18-65)37-40-28-47-46(58-33-40)30-41(5-2)52(68)62-47/h6-10,27-28,30-31,33-35,39,55H,4-5,11-26,29,32,36-37H2,1-3H3,(H,56,69)(H,57,70)(H,61,66)(H,62,68). The van der Waals surface area contributed by atoms with E-state index in [0.717, 1.165) is 90.1 Å². The Bertz CT molecular complexity index is 2700. The predicted molar refractivity (Wildman–Crippen MR) is 282 cm³/mol. The number of benzene rings is 1.